The fourth-order valence-corrected chi connectivity index (χ4v) is 4.37. The SMILES string of the molecule is COC1(C)CC(O)C12CCN(C(=O)c1ccn(C(C)(C)C)c1)CC2. The molecule has 1 N–H and O–H groups in total. The van der Waals surface area contributed by atoms with Crippen molar-refractivity contribution in [2.75, 3.05) is 20.2 Å². The molecule has 0 bridgehead atoms. The van der Waals surface area contributed by atoms with Gasteiger partial charge in [0.05, 0.1) is 17.3 Å². The van der Waals surface area contributed by atoms with E-state index in [2.05, 4.69) is 32.3 Å². The summed E-state index contributed by atoms with van der Waals surface area (Å²) in [6.45, 7) is 9.80. The first-order valence-corrected chi connectivity index (χ1v) is 8.84. The van der Waals surface area contributed by atoms with Gasteiger partial charge in [-0.2, -0.15) is 0 Å². The van der Waals surface area contributed by atoms with Crippen LogP contribution < -0.4 is 0 Å². The van der Waals surface area contributed by atoms with Crippen molar-refractivity contribution in [2.24, 2.45) is 5.41 Å². The van der Waals surface area contributed by atoms with E-state index in [0.29, 0.717) is 19.5 Å². The number of methoxy groups -OCH3 is 1. The molecular weight excluding hydrogens is 304 g/mol. The van der Waals surface area contributed by atoms with Gasteiger partial charge in [0.2, 0.25) is 0 Å². The Morgan fingerprint density at radius 2 is 1.96 bits per heavy atom. The summed E-state index contributed by atoms with van der Waals surface area (Å²) in [5.74, 6) is 0.0841. The molecule has 5 nitrogen and oxygen atoms in total. The van der Waals surface area contributed by atoms with E-state index in [9.17, 15) is 9.90 Å². The number of carbonyl (C=O) groups excluding carboxylic acids is 1. The van der Waals surface area contributed by atoms with Crippen molar-refractivity contribution in [1.29, 1.82) is 0 Å². The number of hydrogen-bond donors (Lipinski definition) is 1. The van der Waals surface area contributed by atoms with Crippen LogP contribution in [0.1, 0.15) is 57.3 Å². The van der Waals surface area contributed by atoms with Crippen molar-refractivity contribution in [1.82, 2.24) is 9.47 Å². The van der Waals surface area contributed by atoms with Crippen LogP contribution in [0.4, 0.5) is 0 Å². The minimum absolute atomic E-state index is 0.0270. The summed E-state index contributed by atoms with van der Waals surface area (Å²) in [4.78, 5) is 14.7. The predicted octanol–water partition coefficient (Wildman–Crippen LogP) is 2.64. The van der Waals surface area contributed by atoms with Gasteiger partial charge < -0.3 is 19.3 Å². The molecule has 1 saturated heterocycles. The lowest BCUT2D eigenvalue weighted by atomic mass is 9.51. The van der Waals surface area contributed by atoms with Gasteiger partial charge in [0, 0.05) is 50.0 Å². The van der Waals surface area contributed by atoms with Gasteiger partial charge in [-0.25, -0.2) is 0 Å². The topological polar surface area (TPSA) is 54.7 Å². The standard InChI is InChI=1S/C19H30N2O3/c1-17(2,3)21-9-6-14(13-21)16(23)20-10-7-19(8-11-20)15(22)12-18(19,4)24-5/h6,9,13,15,22H,7-8,10-12H2,1-5H3. The number of hydrogen-bond acceptors (Lipinski definition) is 3. The molecule has 5 heteroatoms. The lowest BCUT2D eigenvalue weighted by Gasteiger charge is -2.62. The van der Waals surface area contributed by atoms with E-state index in [-0.39, 0.29) is 28.6 Å². The van der Waals surface area contributed by atoms with Crippen LogP contribution in [0.3, 0.4) is 0 Å². The van der Waals surface area contributed by atoms with Crippen LogP contribution >= 0.6 is 0 Å². The van der Waals surface area contributed by atoms with E-state index in [4.69, 9.17) is 4.74 Å². The highest BCUT2D eigenvalue weighted by Gasteiger charge is 2.63. The van der Waals surface area contributed by atoms with Gasteiger partial charge in [0.25, 0.3) is 5.91 Å². The van der Waals surface area contributed by atoms with Crippen molar-refractivity contribution in [3.63, 3.8) is 0 Å². The molecule has 1 aromatic heterocycles. The Morgan fingerprint density at radius 3 is 2.42 bits per heavy atom. The molecule has 2 aliphatic rings. The van der Waals surface area contributed by atoms with Crippen LogP contribution in [0.2, 0.25) is 0 Å². The molecule has 2 unspecified atom stereocenters. The zero-order chi connectivity index (χ0) is 17.8. The predicted molar refractivity (Wildman–Crippen MR) is 93.0 cm³/mol. The summed E-state index contributed by atoms with van der Waals surface area (Å²) < 4.78 is 7.76. The van der Waals surface area contributed by atoms with Gasteiger partial charge >= 0.3 is 0 Å². The molecule has 2 heterocycles. The number of rotatable bonds is 2. The van der Waals surface area contributed by atoms with Crippen molar-refractivity contribution < 1.29 is 14.6 Å². The molecule has 1 amide bonds. The van der Waals surface area contributed by atoms with Crippen LogP contribution in [0.25, 0.3) is 0 Å². The number of aliphatic hydroxyl groups excluding tert-OH is 1. The van der Waals surface area contributed by atoms with E-state index < -0.39 is 0 Å². The number of piperidine rings is 1. The van der Waals surface area contributed by atoms with Gasteiger partial charge in [-0.1, -0.05) is 0 Å². The van der Waals surface area contributed by atoms with E-state index in [0.717, 1.165) is 18.4 Å². The number of likely N-dealkylation sites (tertiary alicyclic amines) is 1. The van der Waals surface area contributed by atoms with Gasteiger partial charge in [-0.3, -0.25) is 4.79 Å². The molecule has 0 radical (unpaired) electrons. The summed E-state index contributed by atoms with van der Waals surface area (Å²) in [5, 5.41) is 10.3. The number of aliphatic hydroxyl groups is 1. The van der Waals surface area contributed by atoms with Crippen molar-refractivity contribution in [2.45, 2.75) is 64.2 Å². The maximum atomic E-state index is 12.8. The first-order valence-electron chi connectivity index (χ1n) is 8.84. The van der Waals surface area contributed by atoms with Crippen LogP contribution in [0.5, 0.6) is 0 Å². The molecule has 134 valence electrons. The van der Waals surface area contributed by atoms with Crippen molar-refractivity contribution in [3.05, 3.63) is 24.0 Å². The molecule has 24 heavy (non-hydrogen) atoms. The van der Waals surface area contributed by atoms with Crippen LogP contribution in [0, 0.1) is 5.41 Å². The maximum Gasteiger partial charge on any atom is 0.255 e. The number of ether oxygens (including phenoxy) is 1. The smallest absolute Gasteiger partial charge is 0.255 e. The van der Waals surface area contributed by atoms with Gasteiger partial charge in [-0.05, 0) is 46.6 Å². The normalized spacial score (nSPS) is 29.6. The molecule has 1 aromatic rings. The number of amides is 1. The summed E-state index contributed by atoms with van der Waals surface area (Å²) in [7, 11) is 1.72. The van der Waals surface area contributed by atoms with Crippen LogP contribution in [-0.2, 0) is 10.3 Å². The zero-order valence-electron chi connectivity index (χ0n) is 15.5. The Hall–Kier alpha value is -1.33. The quantitative estimate of drug-likeness (QED) is 0.904. The molecule has 1 aliphatic heterocycles. The minimum Gasteiger partial charge on any atom is -0.392 e. The molecule has 1 spiro atoms. The summed E-state index contributed by atoms with van der Waals surface area (Å²) >= 11 is 0. The van der Waals surface area contributed by atoms with E-state index in [1.165, 1.54) is 0 Å². The molecule has 2 fully saturated rings. The molecule has 3 rings (SSSR count). The highest BCUT2D eigenvalue weighted by atomic mass is 16.5. The second kappa shape index (κ2) is 5.60. The second-order valence-corrected chi connectivity index (χ2v) is 8.58. The van der Waals surface area contributed by atoms with E-state index in [1.807, 2.05) is 23.4 Å². The van der Waals surface area contributed by atoms with Gasteiger partial charge in [-0.15, -0.1) is 0 Å². The van der Waals surface area contributed by atoms with Crippen molar-refractivity contribution in [3.8, 4) is 0 Å². The molecule has 0 aromatic carbocycles. The monoisotopic (exact) mass is 334 g/mol. The highest BCUT2D eigenvalue weighted by molar-refractivity contribution is 5.94. The Bertz CT molecular complexity index is 623. The molecular formula is C19H30N2O3. The maximum absolute atomic E-state index is 12.8. The Balaban J connectivity index is 1.69. The minimum atomic E-state index is -0.318. The lowest BCUT2D eigenvalue weighted by Crippen LogP contribution is -2.69. The molecule has 2 atom stereocenters. The average Bonchev–Trinajstić information content (AvgIpc) is 3.04. The summed E-state index contributed by atoms with van der Waals surface area (Å²) in [6, 6.07) is 1.90. The lowest BCUT2D eigenvalue weighted by molar-refractivity contribution is -0.259. The number of aromatic nitrogens is 1. The first kappa shape index (κ1) is 17.5. The van der Waals surface area contributed by atoms with Crippen LogP contribution in [0.15, 0.2) is 18.5 Å². The van der Waals surface area contributed by atoms with Gasteiger partial charge in [0.1, 0.15) is 0 Å². The third-order valence-corrected chi connectivity index (χ3v) is 6.38. The Kier molecular flexibility index (Phi) is 4.08. The summed E-state index contributed by atoms with van der Waals surface area (Å²) in [5.41, 5.74) is 0.248. The van der Waals surface area contributed by atoms with E-state index in [1.54, 1.807) is 7.11 Å². The second-order valence-electron chi connectivity index (χ2n) is 8.58. The third-order valence-electron chi connectivity index (χ3n) is 6.38. The highest BCUT2D eigenvalue weighted by Crippen LogP contribution is 2.58. The van der Waals surface area contributed by atoms with Crippen molar-refractivity contribution >= 4 is 5.91 Å². The molecule has 1 saturated carbocycles. The average molecular weight is 334 g/mol. The fraction of sp³-hybridized carbons (Fsp3) is 0.737. The fourth-order valence-electron chi connectivity index (χ4n) is 4.37. The third kappa shape index (κ3) is 2.49. The number of carbonyl (C=O) groups is 1. The molecule has 1 aliphatic carbocycles. The van der Waals surface area contributed by atoms with Crippen LogP contribution in [-0.4, -0.2) is 52.4 Å². The Morgan fingerprint density at radius 1 is 1.33 bits per heavy atom. The Labute approximate surface area is 144 Å². The zero-order valence-corrected chi connectivity index (χ0v) is 15.5. The summed E-state index contributed by atoms with van der Waals surface area (Å²) in [6.07, 6.45) is 5.86. The largest absolute Gasteiger partial charge is 0.392 e. The number of nitrogens with zero attached hydrogens (tertiary/aromatic N) is 2. The first-order chi connectivity index (χ1) is 11.1. The van der Waals surface area contributed by atoms with Gasteiger partial charge in [0.15, 0.2) is 0 Å². The van der Waals surface area contributed by atoms with E-state index >= 15 is 0 Å².